The summed E-state index contributed by atoms with van der Waals surface area (Å²) in [5.74, 6) is 0.994. The first kappa shape index (κ1) is 20.2. The predicted octanol–water partition coefficient (Wildman–Crippen LogP) is 5.51. The molecule has 2 aromatic rings. The van der Waals surface area contributed by atoms with Gasteiger partial charge in [-0.3, -0.25) is 4.79 Å². The van der Waals surface area contributed by atoms with Crippen molar-refractivity contribution in [2.45, 2.75) is 59.0 Å². The molecule has 0 radical (unpaired) electrons. The number of piperidine rings is 1. The third kappa shape index (κ3) is 5.06. The van der Waals surface area contributed by atoms with E-state index in [2.05, 4.69) is 48.3 Å². The van der Waals surface area contributed by atoms with Crippen LogP contribution in [0.4, 0.5) is 11.4 Å². The first-order valence-electron chi connectivity index (χ1n) is 10.4. The monoisotopic (exact) mass is 380 g/mol. The first-order chi connectivity index (χ1) is 13.4. The van der Waals surface area contributed by atoms with E-state index in [1.165, 1.54) is 24.9 Å². The highest BCUT2D eigenvalue weighted by atomic mass is 16.5. The summed E-state index contributed by atoms with van der Waals surface area (Å²) in [6, 6.07) is 14.3. The molecule has 0 spiro atoms. The summed E-state index contributed by atoms with van der Waals surface area (Å²) in [6.07, 6.45) is 3.26. The first-order valence-corrected chi connectivity index (χ1v) is 10.4. The zero-order chi connectivity index (χ0) is 20.1. The molecule has 4 heteroatoms. The van der Waals surface area contributed by atoms with E-state index in [1.54, 1.807) is 6.92 Å². The van der Waals surface area contributed by atoms with Gasteiger partial charge in [-0.2, -0.15) is 0 Å². The Labute approximate surface area is 168 Å². The molecule has 28 heavy (non-hydrogen) atoms. The van der Waals surface area contributed by atoms with Gasteiger partial charge in [-0.25, -0.2) is 0 Å². The lowest BCUT2D eigenvalue weighted by molar-refractivity contribution is -0.122. The normalized spacial score (nSPS) is 15.4. The van der Waals surface area contributed by atoms with Crippen LogP contribution in [0.3, 0.4) is 0 Å². The molecule has 1 heterocycles. The summed E-state index contributed by atoms with van der Waals surface area (Å²) >= 11 is 0. The second kappa shape index (κ2) is 9.13. The Kier molecular flexibility index (Phi) is 6.61. The maximum atomic E-state index is 12.6. The van der Waals surface area contributed by atoms with Crippen LogP contribution < -0.4 is 15.0 Å². The van der Waals surface area contributed by atoms with E-state index in [4.69, 9.17) is 4.74 Å². The van der Waals surface area contributed by atoms with Gasteiger partial charge in [-0.1, -0.05) is 26.0 Å². The van der Waals surface area contributed by atoms with Gasteiger partial charge < -0.3 is 15.0 Å². The Morgan fingerprint density at radius 1 is 1.00 bits per heavy atom. The van der Waals surface area contributed by atoms with Crippen LogP contribution in [0.15, 0.2) is 42.5 Å². The van der Waals surface area contributed by atoms with Crippen LogP contribution in [0.5, 0.6) is 5.75 Å². The molecule has 1 aliphatic rings. The van der Waals surface area contributed by atoms with Gasteiger partial charge in [0.1, 0.15) is 5.75 Å². The van der Waals surface area contributed by atoms with E-state index < -0.39 is 6.10 Å². The van der Waals surface area contributed by atoms with E-state index in [-0.39, 0.29) is 5.91 Å². The van der Waals surface area contributed by atoms with E-state index in [1.807, 2.05) is 25.1 Å². The van der Waals surface area contributed by atoms with Crippen molar-refractivity contribution in [1.82, 2.24) is 0 Å². The molecular formula is C24H32N2O2. The van der Waals surface area contributed by atoms with Crippen molar-refractivity contribution in [3.63, 3.8) is 0 Å². The van der Waals surface area contributed by atoms with E-state index in [0.717, 1.165) is 35.7 Å². The fourth-order valence-corrected chi connectivity index (χ4v) is 3.62. The van der Waals surface area contributed by atoms with Gasteiger partial charge in [-0.15, -0.1) is 0 Å². The molecule has 1 amide bonds. The Hall–Kier alpha value is -2.49. The number of hydrogen-bond donors (Lipinski definition) is 1. The zero-order valence-electron chi connectivity index (χ0n) is 17.5. The van der Waals surface area contributed by atoms with Crippen molar-refractivity contribution in [3.05, 3.63) is 53.6 Å². The van der Waals surface area contributed by atoms with Crippen LogP contribution in [0.25, 0.3) is 0 Å². The zero-order valence-corrected chi connectivity index (χ0v) is 17.5. The topological polar surface area (TPSA) is 41.6 Å². The number of rotatable bonds is 6. The maximum Gasteiger partial charge on any atom is 0.265 e. The Morgan fingerprint density at radius 3 is 2.32 bits per heavy atom. The van der Waals surface area contributed by atoms with Gasteiger partial charge in [-0.05, 0) is 80.5 Å². The van der Waals surface area contributed by atoms with Crippen molar-refractivity contribution in [1.29, 1.82) is 0 Å². The lowest BCUT2D eigenvalue weighted by Crippen LogP contribution is -2.31. The molecule has 4 nitrogen and oxygen atoms in total. The number of hydrogen-bond acceptors (Lipinski definition) is 3. The molecular weight excluding hydrogens is 348 g/mol. The van der Waals surface area contributed by atoms with Gasteiger partial charge in [0.15, 0.2) is 6.10 Å². The number of anilines is 2. The van der Waals surface area contributed by atoms with Crippen molar-refractivity contribution in [3.8, 4) is 5.75 Å². The number of carbonyl (C=O) groups is 1. The largest absolute Gasteiger partial charge is 0.481 e. The predicted molar refractivity (Wildman–Crippen MR) is 116 cm³/mol. The van der Waals surface area contributed by atoms with Gasteiger partial charge >= 0.3 is 0 Å². The smallest absolute Gasteiger partial charge is 0.265 e. The van der Waals surface area contributed by atoms with Crippen molar-refractivity contribution in [2.75, 3.05) is 23.3 Å². The Bertz CT molecular complexity index is 793. The van der Waals surface area contributed by atoms with E-state index in [9.17, 15) is 4.79 Å². The highest BCUT2D eigenvalue weighted by molar-refractivity contribution is 5.94. The quantitative estimate of drug-likeness (QED) is 0.718. The SMILES string of the molecule is Cc1ccc(C(C)C)c(OC(C)C(=O)Nc2ccc(N3CCCCC3)cc2)c1. The van der Waals surface area contributed by atoms with Crippen LogP contribution in [0, 0.1) is 6.92 Å². The molecule has 0 saturated carbocycles. The molecule has 1 atom stereocenters. The number of ether oxygens (including phenoxy) is 1. The molecule has 0 bridgehead atoms. The standard InChI is InChI=1S/C24H32N2O2/c1-17(2)22-13-8-18(3)16-23(22)28-19(4)24(27)25-20-9-11-21(12-10-20)26-14-6-5-7-15-26/h8-13,16-17,19H,5-7,14-15H2,1-4H3,(H,25,27). The highest BCUT2D eigenvalue weighted by Crippen LogP contribution is 2.28. The van der Waals surface area contributed by atoms with Gasteiger partial charge in [0, 0.05) is 24.5 Å². The number of amides is 1. The second-order valence-electron chi connectivity index (χ2n) is 8.04. The molecule has 1 aliphatic heterocycles. The van der Waals surface area contributed by atoms with Gasteiger partial charge in [0.05, 0.1) is 0 Å². The molecule has 1 N–H and O–H groups in total. The molecule has 1 saturated heterocycles. The average Bonchev–Trinajstić information content (AvgIpc) is 2.69. The van der Waals surface area contributed by atoms with Crippen molar-refractivity contribution in [2.24, 2.45) is 0 Å². The van der Waals surface area contributed by atoms with Crippen LogP contribution in [0.2, 0.25) is 0 Å². The summed E-state index contributed by atoms with van der Waals surface area (Å²) in [6.45, 7) is 10.3. The number of nitrogens with one attached hydrogen (secondary N) is 1. The fraction of sp³-hybridized carbons (Fsp3) is 0.458. The third-order valence-electron chi connectivity index (χ3n) is 5.32. The molecule has 150 valence electrons. The Balaban J connectivity index is 1.62. The number of benzene rings is 2. The minimum atomic E-state index is -0.568. The van der Waals surface area contributed by atoms with Crippen LogP contribution >= 0.6 is 0 Å². The molecule has 1 fully saturated rings. The Morgan fingerprint density at radius 2 is 1.68 bits per heavy atom. The minimum Gasteiger partial charge on any atom is -0.481 e. The third-order valence-corrected chi connectivity index (χ3v) is 5.32. The molecule has 1 unspecified atom stereocenters. The summed E-state index contributed by atoms with van der Waals surface area (Å²) in [4.78, 5) is 15.0. The van der Waals surface area contributed by atoms with Crippen LogP contribution in [-0.2, 0) is 4.79 Å². The van der Waals surface area contributed by atoms with Crippen LogP contribution in [-0.4, -0.2) is 25.1 Å². The minimum absolute atomic E-state index is 0.137. The van der Waals surface area contributed by atoms with E-state index in [0.29, 0.717) is 5.92 Å². The van der Waals surface area contributed by atoms with Crippen molar-refractivity contribution >= 4 is 17.3 Å². The van der Waals surface area contributed by atoms with Gasteiger partial charge in [0.25, 0.3) is 5.91 Å². The number of carbonyl (C=O) groups excluding carboxylic acids is 1. The fourth-order valence-electron chi connectivity index (χ4n) is 3.62. The summed E-state index contributed by atoms with van der Waals surface area (Å²) in [5, 5.41) is 2.97. The van der Waals surface area contributed by atoms with Crippen LogP contribution in [0.1, 0.15) is 57.1 Å². The van der Waals surface area contributed by atoms with E-state index >= 15 is 0 Å². The van der Waals surface area contributed by atoms with Gasteiger partial charge in [0.2, 0.25) is 0 Å². The summed E-state index contributed by atoms with van der Waals surface area (Å²) in [7, 11) is 0. The molecule has 0 aromatic heterocycles. The summed E-state index contributed by atoms with van der Waals surface area (Å²) in [5.41, 5.74) is 4.27. The second-order valence-corrected chi connectivity index (χ2v) is 8.04. The molecule has 3 rings (SSSR count). The highest BCUT2D eigenvalue weighted by Gasteiger charge is 2.18. The molecule has 0 aliphatic carbocycles. The number of aryl methyl sites for hydroxylation is 1. The maximum absolute atomic E-state index is 12.6. The molecule has 2 aromatic carbocycles. The number of nitrogens with zero attached hydrogens (tertiary/aromatic N) is 1. The lowest BCUT2D eigenvalue weighted by Gasteiger charge is -2.28. The lowest BCUT2D eigenvalue weighted by atomic mass is 10.0. The van der Waals surface area contributed by atoms with Crippen molar-refractivity contribution < 1.29 is 9.53 Å². The summed E-state index contributed by atoms with van der Waals surface area (Å²) < 4.78 is 6.02. The average molecular weight is 381 g/mol.